The number of hydrogen-bond donors (Lipinski definition) is 1. The molecule has 214 valence electrons. The van der Waals surface area contributed by atoms with Crippen LogP contribution in [-0.4, -0.2) is 50.0 Å². The summed E-state index contributed by atoms with van der Waals surface area (Å²) in [5, 5.41) is 3.53. The zero-order valence-electron chi connectivity index (χ0n) is 22.5. The van der Waals surface area contributed by atoms with Crippen molar-refractivity contribution in [1.82, 2.24) is 10.2 Å². The lowest BCUT2D eigenvalue weighted by Crippen LogP contribution is -2.54. The van der Waals surface area contributed by atoms with E-state index in [9.17, 15) is 18.0 Å². The van der Waals surface area contributed by atoms with Crippen LogP contribution in [0.3, 0.4) is 0 Å². The van der Waals surface area contributed by atoms with Crippen molar-refractivity contribution in [1.29, 1.82) is 0 Å². The molecule has 0 aliphatic carbocycles. The van der Waals surface area contributed by atoms with E-state index >= 15 is 0 Å². The highest BCUT2D eigenvalue weighted by molar-refractivity contribution is 7.92. The summed E-state index contributed by atoms with van der Waals surface area (Å²) in [6.45, 7) is 3.20. The number of halogens is 3. The molecule has 11 heteroatoms. The van der Waals surface area contributed by atoms with Gasteiger partial charge in [0.15, 0.2) is 0 Å². The van der Waals surface area contributed by atoms with E-state index in [4.69, 9.17) is 34.8 Å². The van der Waals surface area contributed by atoms with Gasteiger partial charge in [-0.25, -0.2) is 8.42 Å². The topological polar surface area (TPSA) is 86.8 Å². The molecule has 0 radical (unpaired) electrons. The lowest BCUT2D eigenvalue weighted by molar-refractivity contribution is -0.140. The third kappa shape index (κ3) is 8.36. The Kier molecular flexibility index (Phi) is 11.3. The van der Waals surface area contributed by atoms with E-state index in [0.29, 0.717) is 17.0 Å². The second kappa shape index (κ2) is 14.2. The second-order valence-corrected chi connectivity index (χ2v) is 12.6. The van der Waals surface area contributed by atoms with Crippen LogP contribution in [-0.2, 0) is 32.6 Å². The van der Waals surface area contributed by atoms with Gasteiger partial charge >= 0.3 is 0 Å². The minimum atomic E-state index is -3.98. The molecule has 40 heavy (non-hydrogen) atoms. The summed E-state index contributed by atoms with van der Waals surface area (Å²) < 4.78 is 26.7. The van der Waals surface area contributed by atoms with Crippen LogP contribution in [0.25, 0.3) is 0 Å². The normalized spacial score (nSPS) is 12.8. The third-order valence-electron chi connectivity index (χ3n) is 6.45. The molecule has 3 rings (SSSR count). The molecule has 2 unspecified atom stereocenters. The van der Waals surface area contributed by atoms with E-state index in [1.165, 1.54) is 17.0 Å². The smallest absolute Gasteiger partial charge is 0.244 e. The fourth-order valence-corrected chi connectivity index (χ4v) is 5.58. The first kappa shape index (κ1) is 31.7. The Balaban J connectivity index is 2.10. The number of hydrogen-bond acceptors (Lipinski definition) is 4. The molecule has 0 spiro atoms. The number of rotatable bonds is 12. The molecule has 7 nitrogen and oxygen atoms in total. The first-order valence-electron chi connectivity index (χ1n) is 12.7. The SMILES string of the molecule is CCC(C)NC(=O)C(Cc1ccccc1)N(Cc1ccccc1Cl)C(=O)CN(c1cccc(Cl)c1Cl)S(C)(=O)=O. The minimum Gasteiger partial charge on any atom is -0.352 e. The van der Waals surface area contributed by atoms with Gasteiger partial charge in [-0.1, -0.05) is 96.3 Å². The van der Waals surface area contributed by atoms with Crippen molar-refractivity contribution in [3.8, 4) is 0 Å². The fraction of sp³-hybridized carbons (Fsp3) is 0.310. The molecule has 0 aliphatic rings. The minimum absolute atomic E-state index is 0.00426. The van der Waals surface area contributed by atoms with E-state index in [2.05, 4.69) is 5.32 Å². The predicted octanol–water partition coefficient (Wildman–Crippen LogP) is 5.97. The van der Waals surface area contributed by atoms with Crippen molar-refractivity contribution >= 4 is 62.3 Å². The number of benzene rings is 3. The van der Waals surface area contributed by atoms with Crippen LogP contribution in [0.15, 0.2) is 72.8 Å². The van der Waals surface area contributed by atoms with Crippen molar-refractivity contribution < 1.29 is 18.0 Å². The van der Waals surface area contributed by atoms with E-state index in [-0.39, 0.29) is 40.6 Å². The first-order valence-corrected chi connectivity index (χ1v) is 15.7. The average molecular weight is 625 g/mol. The van der Waals surface area contributed by atoms with Crippen molar-refractivity contribution in [3.05, 3.63) is 99.0 Å². The summed E-state index contributed by atoms with van der Waals surface area (Å²) in [5.41, 5.74) is 1.51. The Hall–Kier alpha value is -2.78. The van der Waals surface area contributed by atoms with Crippen molar-refractivity contribution in [2.45, 2.75) is 45.3 Å². The Morgan fingerprint density at radius 2 is 1.52 bits per heavy atom. The predicted molar refractivity (Wildman–Crippen MR) is 162 cm³/mol. The quantitative estimate of drug-likeness (QED) is 0.269. The molecule has 0 fully saturated rings. The Bertz CT molecular complexity index is 1440. The number of nitrogens with zero attached hydrogens (tertiary/aromatic N) is 2. The van der Waals surface area contributed by atoms with E-state index < -0.39 is 28.5 Å². The van der Waals surface area contributed by atoms with Crippen molar-refractivity contribution in [2.24, 2.45) is 0 Å². The van der Waals surface area contributed by atoms with Crippen LogP contribution in [0.5, 0.6) is 0 Å². The lowest BCUT2D eigenvalue weighted by Gasteiger charge is -2.34. The van der Waals surface area contributed by atoms with Gasteiger partial charge in [0.05, 0.1) is 22.0 Å². The third-order valence-corrected chi connectivity index (χ3v) is 8.75. The highest BCUT2D eigenvalue weighted by Gasteiger charge is 2.34. The zero-order valence-corrected chi connectivity index (χ0v) is 25.6. The summed E-state index contributed by atoms with van der Waals surface area (Å²) in [7, 11) is -3.98. The lowest BCUT2D eigenvalue weighted by atomic mass is 10.0. The fourth-order valence-electron chi connectivity index (χ4n) is 4.08. The van der Waals surface area contributed by atoms with Crippen molar-refractivity contribution in [3.63, 3.8) is 0 Å². The Morgan fingerprint density at radius 3 is 2.15 bits per heavy atom. The maximum atomic E-state index is 14.1. The highest BCUT2D eigenvalue weighted by Crippen LogP contribution is 2.34. The van der Waals surface area contributed by atoms with Gasteiger partial charge in [-0.05, 0) is 42.7 Å². The van der Waals surface area contributed by atoms with Crippen LogP contribution < -0.4 is 9.62 Å². The molecule has 2 atom stereocenters. The van der Waals surface area contributed by atoms with Gasteiger partial charge < -0.3 is 10.2 Å². The van der Waals surface area contributed by atoms with Crippen LogP contribution in [0.2, 0.25) is 15.1 Å². The molecule has 0 heterocycles. The van der Waals surface area contributed by atoms with Gasteiger partial charge in [-0.3, -0.25) is 13.9 Å². The molecule has 3 aromatic carbocycles. The molecule has 0 aromatic heterocycles. The molecular weight excluding hydrogens is 593 g/mol. The number of carbonyl (C=O) groups is 2. The second-order valence-electron chi connectivity index (χ2n) is 9.48. The Labute approximate surface area is 251 Å². The molecular formula is C29H32Cl3N3O4S. The molecule has 0 saturated carbocycles. The van der Waals surface area contributed by atoms with Gasteiger partial charge in [0, 0.05) is 24.0 Å². The largest absolute Gasteiger partial charge is 0.352 e. The standard InChI is InChI=1S/C29H32Cl3N3O4S/c1-4-20(2)33-29(37)26(17-21-11-6-5-7-12-21)34(18-22-13-8-9-14-23(22)30)27(36)19-35(40(3,38)39)25-16-10-15-24(31)28(25)32/h5-16,20,26H,4,17-19H2,1-3H3,(H,33,37). The van der Waals surface area contributed by atoms with Gasteiger partial charge in [0.2, 0.25) is 21.8 Å². The summed E-state index contributed by atoms with van der Waals surface area (Å²) in [6.07, 6.45) is 1.88. The van der Waals surface area contributed by atoms with Crippen LogP contribution in [0.4, 0.5) is 5.69 Å². The van der Waals surface area contributed by atoms with Crippen molar-refractivity contribution in [2.75, 3.05) is 17.1 Å². The Morgan fingerprint density at radius 1 is 0.900 bits per heavy atom. The van der Waals surface area contributed by atoms with E-state index in [0.717, 1.165) is 16.1 Å². The summed E-state index contributed by atoms with van der Waals surface area (Å²) in [4.78, 5) is 29.2. The number of amides is 2. The van der Waals surface area contributed by atoms with Gasteiger partial charge in [0.25, 0.3) is 0 Å². The molecule has 0 saturated heterocycles. The van der Waals surface area contributed by atoms with Gasteiger partial charge in [-0.2, -0.15) is 0 Å². The number of anilines is 1. The van der Waals surface area contributed by atoms with Gasteiger partial charge in [-0.15, -0.1) is 0 Å². The molecule has 0 bridgehead atoms. The average Bonchev–Trinajstić information content (AvgIpc) is 2.91. The molecule has 0 aliphatic heterocycles. The summed E-state index contributed by atoms with van der Waals surface area (Å²) in [5.74, 6) is -0.966. The summed E-state index contributed by atoms with van der Waals surface area (Å²) in [6, 6.07) is 19.8. The molecule has 3 aromatic rings. The summed E-state index contributed by atoms with van der Waals surface area (Å²) >= 11 is 19.0. The monoisotopic (exact) mass is 623 g/mol. The maximum Gasteiger partial charge on any atom is 0.244 e. The number of sulfonamides is 1. The van der Waals surface area contributed by atoms with Crippen LogP contribution in [0.1, 0.15) is 31.4 Å². The number of carbonyl (C=O) groups excluding carboxylic acids is 2. The molecule has 1 N–H and O–H groups in total. The van der Waals surface area contributed by atoms with Crippen LogP contribution >= 0.6 is 34.8 Å². The van der Waals surface area contributed by atoms with E-state index in [1.54, 1.807) is 30.3 Å². The zero-order chi connectivity index (χ0) is 29.4. The van der Waals surface area contributed by atoms with Crippen LogP contribution in [0, 0.1) is 0 Å². The van der Waals surface area contributed by atoms with Gasteiger partial charge in [0.1, 0.15) is 12.6 Å². The highest BCUT2D eigenvalue weighted by atomic mass is 35.5. The first-order chi connectivity index (χ1) is 18.9. The molecule has 2 amide bonds. The maximum absolute atomic E-state index is 14.1. The number of nitrogens with one attached hydrogen (secondary N) is 1. The van der Waals surface area contributed by atoms with E-state index in [1.807, 2.05) is 44.2 Å².